The number of aryl methyl sites for hydroxylation is 3. The van der Waals surface area contributed by atoms with Crippen molar-refractivity contribution in [2.75, 3.05) is 0 Å². The lowest BCUT2D eigenvalue weighted by Gasteiger charge is -2.10. The van der Waals surface area contributed by atoms with Crippen molar-refractivity contribution in [2.24, 2.45) is 14.1 Å². The molecule has 3 aromatic heterocycles. The maximum absolute atomic E-state index is 2.33. The van der Waals surface area contributed by atoms with Gasteiger partial charge in [-0.1, -0.05) is 12.1 Å². The van der Waals surface area contributed by atoms with E-state index in [0.717, 1.165) is 6.42 Å². The zero-order valence-corrected chi connectivity index (χ0v) is 14.2. The predicted molar refractivity (Wildman–Crippen MR) is 96.0 cm³/mol. The minimum absolute atomic E-state index is 1.01. The molecule has 0 fully saturated rings. The number of aromatic nitrogens is 3. The first-order valence-electron chi connectivity index (χ1n) is 8.37. The molecular weight excluding hydrogens is 294 g/mol. The highest BCUT2D eigenvalue weighted by atomic mass is 15.1. The fourth-order valence-corrected chi connectivity index (χ4v) is 4.16. The molecular formula is C21H20N3+. The van der Waals surface area contributed by atoms with Gasteiger partial charge in [0.15, 0.2) is 0 Å². The van der Waals surface area contributed by atoms with Crippen molar-refractivity contribution in [1.82, 2.24) is 8.97 Å². The van der Waals surface area contributed by atoms with Gasteiger partial charge >= 0.3 is 0 Å². The van der Waals surface area contributed by atoms with E-state index in [2.05, 4.69) is 89.7 Å². The van der Waals surface area contributed by atoms with Gasteiger partial charge in [0.05, 0.1) is 19.7 Å². The van der Waals surface area contributed by atoms with Gasteiger partial charge < -0.3 is 4.40 Å². The second-order valence-electron chi connectivity index (χ2n) is 6.86. The van der Waals surface area contributed by atoms with Crippen molar-refractivity contribution in [1.29, 1.82) is 0 Å². The second-order valence-corrected chi connectivity index (χ2v) is 6.86. The molecule has 118 valence electrons. The molecule has 24 heavy (non-hydrogen) atoms. The Bertz CT molecular complexity index is 1090. The van der Waals surface area contributed by atoms with Crippen molar-refractivity contribution in [3.05, 3.63) is 71.8 Å². The highest BCUT2D eigenvalue weighted by Gasteiger charge is 2.28. The standard InChI is InChI=1S/C21H20N3/c1-14-6-7-17-18(20(14)21-22(2)9-10-23(21)3)12-15-11-16-5-4-8-24(16)13-19(15)17/h4-11,13H,12H2,1-3H3/q+1. The van der Waals surface area contributed by atoms with Crippen LogP contribution in [0.25, 0.3) is 28.0 Å². The predicted octanol–water partition coefficient (Wildman–Crippen LogP) is 3.65. The molecule has 0 saturated heterocycles. The van der Waals surface area contributed by atoms with Crippen LogP contribution in [0.4, 0.5) is 0 Å². The van der Waals surface area contributed by atoms with E-state index < -0.39 is 0 Å². The molecule has 1 aliphatic rings. The van der Waals surface area contributed by atoms with Crippen LogP contribution in [-0.2, 0) is 20.5 Å². The van der Waals surface area contributed by atoms with Crippen molar-refractivity contribution in [2.45, 2.75) is 13.3 Å². The summed E-state index contributed by atoms with van der Waals surface area (Å²) in [5, 5.41) is 0. The number of nitrogens with zero attached hydrogens (tertiary/aromatic N) is 3. The fourth-order valence-electron chi connectivity index (χ4n) is 4.16. The normalized spacial score (nSPS) is 12.6. The SMILES string of the molecule is Cc1ccc2c(c1-c1n(C)cc[n+]1C)Cc1cc3cccn3cc1-2. The summed E-state index contributed by atoms with van der Waals surface area (Å²) >= 11 is 0. The molecule has 0 spiro atoms. The smallest absolute Gasteiger partial charge is 0.288 e. The number of hydrogen-bond acceptors (Lipinski definition) is 0. The Balaban J connectivity index is 1.81. The minimum Gasteiger partial charge on any atom is -0.323 e. The van der Waals surface area contributed by atoms with Gasteiger partial charge in [-0.05, 0) is 53.8 Å². The Morgan fingerprint density at radius 2 is 1.96 bits per heavy atom. The van der Waals surface area contributed by atoms with Gasteiger partial charge in [0.25, 0.3) is 5.82 Å². The number of fused-ring (bicyclic) bond motifs is 4. The van der Waals surface area contributed by atoms with Crippen LogP contribution >= 0.6 is 0 Å². The Kier molecular flexibility index (Phi) is 2.61. The summed E-state index contributed by atoms with van der Waals surface area (Å²) in [5.74, 6) is 1.27. The summed E-state index contributed by atoms with van der Waals surface area (Å²) in [7, 11) is 4.25. The monoisotopic (exact) mass is 314 g/mol. The van der Waals surface area contributed by atoms with Crippen LogP contribution in [0.5, 0.6) is 0 Å². The zero-order chi connectivity index (χ0) is 16.4. The molecule has 0 aliphatic heterocycles. The van der Waals surface area contributed by atoms with Crippen molar-refractivity contribution >= 4 is 5.52 Å². The third-order valence-corrected chi connectivity index (χ3v) is 5.33. The lowest BCUT2D eigenvalue weighted by Crippen LogP contribution is -2.29. The van der Waals surface area contributed by atoms with Gasteiger partial charge in [0.1, 0.15) is 12.4 Å². The van der Waals surface area contributed by atoms with Gasteiger partial charge in [0.2, 0.25) is 0 Å². The molecule has 0 unspecified atom stereocenters. The lowest BCUT2D eigenvalue weighted by atomic mass is 9.96. The molecule has 0 atom stereocenters. The van der Waals surface area contributed by atoms with Crippen molar-refractivity contribution < 1.29 is 4.57 Å². The van der Waals surface area contributed by atoms with Crippen LogP contribution in [0.15, 0.2) is 55.1 Å². The Morgan fingerprint density at radius 1 is 1.08 bits per heavy atom. The van der Waals surface area contributed by atoms with Crippen LogP contribution in [0.1, 0.15) is 16.7 Å². The largest absolute Gasteiger partial charge is 0.323 e. The Morgan fingerprint density at radius 3 is 2.75 bits per heavy atom. The highest BCUT2D eigenvalue weighted by Crippen LogP contribution is 2.42. The third kappa shape index (κ3) is 1.70. The third-order valence-electron chi connectivity index (χ3n) is 5.33. The number of rotatable bonds is 1. The number of benzene rings is 1. The van der Waals surface area contributed by atoms with Crippen molar-refractivity contribution in [3.8, 4) is 22.5 Å². The molecule has 1 aromatic carbocycles. The summed E-state index contributed by atoms with van der Waals surface area (Å²) in [6, 6.07) is 11.2. The van der Waals surface area contributed by atoms with Gasteiger partial charge in [-0.25, -0.2) is 9.13 Å². The molecule has 0 bridgehead atoms. The molecule has 3 heteroatoms. The molecule has 1 aliphatic carbocycles. The van der Waals surface area contributed by atoms with Gasteiger partial charge in [-0.3, -0.25) is 0 Å². The molecule has 3 nitrogen and oxygen atoms in total. The van der Waals surface area contributed by atoms with Crippen LogP contribution in [-0.4, -0.2) is 8.97 Å². The Hall–Kier alpha value is -2.81. The first kappa shape index (κ1) is 13.6. The minimum atomic E-state index is 1.01. The number of pyridine rings is 1. The van der Waals surface area contributed by atoms with E-state index in [-0.39, 0.29) is 0 Å². The second kappa shape index (κ2) is 4.60. The first-order chi connectivity index (χ1) is 11.6. The molecule has 0 radical (unpaired) electrons. The maximum Gasteiger partial charge on any atom is 0.288 e. The number of hydrogen-bond donors (Lipinski definition) is 0. The topological polar surface area (TPSA) is 13.2 Å². The molecule has 3 heterocycles. The maximum atomic E-state index is 2.33. The first-order valence-corrected chi connectivity index (χ1v) is 8.37. The lowest BCUT2D eigenvalue weighted by molar-refractivity contribution is -0.659. The molecule has 4 aromatic rings. The quantitative estimate of drug-likeness (QED) is 0.419. The average Bonchev–Trinajstić information content (AvgIpc) is 3.24. The van der Waals surface area contributed by atoms with E-state index in [1.165, 1.54) is 44.7 Å². The van der Waals surface area contributed by atoms with Gasteiger partial charge in [-0.2, -0.15) is 0 Å². The summed E-state index contributed by atoms with van der Waals surface area (Å²) < 4.78 is 6.66. The number of imidazole rings is 1. The van der Waals surface area contributed by atoms with E-state index >= 15 is 0 Å². The highest BCUT2D eigenvalue weighted by molar-refractivity contribution is 5.85. The van der Waals surface area contributed by atoms with Crippen LogP contribution in [0, 0.1) is 6.92 Å². The van der Waals surface area contributed by atoms with Crippen LogP contribution in [0.3, 0.4) is 0 Å². The van der Waals surface area contributed by atoms with E-state index in [0.29, 0.717) is 0 Å². The summed E-state index contributed by atoms with van der Waals surface area (Å²) in [4.78, 5) is 0. The Labute approximate surface area is 141 Å². The van der Waals surface area contributed by atoms with E-state index in [4.69, 9.17) is 0 Å². The summed E-state index contributed by atoms with van der Waals surface area (Å²) in [6.07, 6.45) is 9.66. The van der Waals surface area contributed by atoms with E-state index in [1.54, 1.807) is 0 Å². The van der Waals surface area contributed by atoms with Gasteiger partial charge in [0, 0.05) is 23.5 Å². The summed E-state index contributed by atoms with van der Waals surface area (Å²) in [5.41, 5.74) is 9.61. The van der Waals surface area contributed by atoms with Crippen LogP contribution in [0.2, 0.25) is 0 Å². The van der Waals surface area contributed by atoms with Gasteiger partial charge in [-0.15, -0.1) is 0 Å². The summed E-state index contributed by atoms with van der Waals surface area (Å²) in [6.45, 7) is 2.22. The van der Waals surface area contributed by atoms with Crippen LogP contribution < -0.4 is 4.57 Å². The fraction of sp³-hybridized carbons (Fsp3) is 0.190. The molecule has 0 N–H and O–H groups in total. The van der Waals surface area contributed by atoms with E-state index in [9.17, 15) is 0 Å². The molecule has 0 saturated carbocycles. The molecule has 0 amide bonds. The van der Waals surface area contributed by atoms with E-state index in [1.807, 2.05) is 0 Å². The average molecular weight is 314 g/mol. The zero-order valence-electron chi connectivity index (χ0n) is 14.2. The van der Waals surface area contributed by atoms with Crippen molar-refractivity contribution in [3.63, 3.8) is 0 Å². The molecule has 5 rings (SSSR count).